The van der Waals surface area contributed by atoms with Crippen LogP contribution in [0.3, 0.4) is 0 Å². The second kappa shape index (κ2) is 16.2. The van der Waals surface area contributed by atoms with Gasteiger partial charge in [-0.3, -0.25) is 19.4 Å². The van der Waals surface area contributed by atoms with Gasteiger partial charge in [0.1, 0.15) is 12.4 Å². The number of halogens is 2. The van der Waals surface area contributed by atoms with Crippen molar-refractivity contribution < 1.29 is 37.7 Å². The lowest BCUT2D eigenvalue weighted by molar-refractivity contribution is -0.131. The van der Waals surface area contributed by atoms with E-state index < -0.39 is 18.4 Å². The molecule has 3 aromatic carbocycles. The third-order valence-corrected chi connectivity index (χ3v) is 10.3. The van der Waals surface area contributed by atoms with Crippen molar-refractivity contribution in [1.29, 1.82) is 0 Å². The van der Waals surface area contributed by atoms with Crippen LogP contribution in [-0.4, -0.2) is 93.0 Å². The zero-order chi connectivity index (χ0) is 38.6. The first-order valence-electron chi connectivity index (χ1n) is 18.1. The summed E-state index contributed by atoms with van der Waals surface area (Å²) >= 11 is 0. The van der Waals surface area contributed by atoms with Crippen molar-refractivity contribution in [3.8, 4) is 17.0 Å². The zero-order valence-electron chi connectivity index (χ0n) is 30.7. The minimum Gasteiger partial charge on any atom is -0.492 e. The van der Waals surface area contributed by atoms with E-state index in [1.807, 2.05) is 30.3 Å². The Bertz CT molecular complexity index is 2180. The van der Waals surface area contributed by atoms with Crippen LogP contribution in [-0.2, 0) is 36.0 Å². The van der Waals surface area contributed by atoms with Gasteiger partial charge in [-0.05, 0) is 72.5 Å². The van der Waals surface area contributed by atoms with Gasteiger partial charge in [-0.25, -0.2) is 9.48 Å². The SMILES string of the molecule is Cc1c(C(=O)N(c2ccccc2)c2cnn(C(F)F)c2)cc(-c2cc3c(cc2C(=O)O)CN(C(=O)Cc2ccc(OCCN4CCOCC4)cc2)CC3)n1C. The summed E-state index contributed by atoms with van der Waals surface area (Å²) in [6.45, 7) is 4.28. The molecule has 12 nitrogen and oxygen atoms in total. The second-order valence-electron chi connectivity index (χ2n) is 13.7. The lowest BCUT2D eigenvalue weighted by Gasteiger charge is -2.30. The molecule has 1 fully saturated rings. The fourth-order valence-electron chi connectivity index (χ4n) is 7.12. The Morgan fingerprint density at radius 3 is 2.38 bits per heavy atom. The Kier molecular flexibility index (Phi) is 11.1. The summed E-state index contributed by atoms with van der Waals surface area (Å²) in [7, 11) is 1.75. The summed E-state index contributed by atoms with van der Waals surface area (Å²) < 4.78 is 40.4. The molecule has 0 unspecified atom stereocenters. The molecule has 2 amide bonds. The maximum atomic E-state index is 14.3. The number of benzene rings is 3. The largest absolute Gasteiger partial charge is 0.492 e. The molecule has 0 saturated carbocycles. The van der Waals surface area contributed by atoms with E-state index in [2.05, 4.69) is 10.00 Å². The number of aromatic nitrogens is 3. The molecular formula is C41H42F2N6O6. The Balaban J connectivity index is 1.08. The molecule has 2 aromatic heterocycles. The number of carbonyl (C=O) groups excluding carboxylic acids is 2. The predicted octanol–water partition coefficient (Wildman–Crippen LogP) is 6.11. The Labute approximate surface area is 317 Å². The Morgan fingerprint density at radius 2 is 1.69 bits per heavy atom. The number of para-hydroxylation sites is 1. The number of alkyl halides is 2. The van der Waals surface area contributed by atoms with Gasteiger partial charge in [0.05, 0.1) is 48.8 Å². The number of hydrogen-bond acceptors (Lipinski definition) is 7. The van der Waals surface area contributed by atoms with Crippen molar-refractivity contribution in [2.24, 2.45) is 7.05 Å². The quantitative estimate of drug-likeness (QED) is 0.162. The van der Waals surface area contributed by atoms with Crippen LogP contribution < -0.4 is 9.64 Å². The van der Waals surface area contributed by atoms with Gasteiger partial charge in [0.15, 0.2) is 0 Å². The third-order valence-electron chi connectivity index (χ3n) is 10.3. The molecule has 1 N–H and O–H groups in total. The number of carboxylic acids is 1. The lowest BCUT2D eigenvalue weighted by atomic mass is 9.91. The van der Waals surface area contributed by atoms with Crippen LogP contribution in [0.4, 0.5) is 20.2 Å². The molecule has 0 aliphatic carbocycles. The minimum absolute atomic E-state index is 0.0370. The number of anilines is 2. The van der Waals surface area contributed by atoms with Crippen LogP contribution in [0.2, 0.25) is 0 Å². The van der Waals surface area contributed by atoms with E-state index in [0.29, 0.717) is 46.9 Å². The number of amides is 2. The molecule has 0 bridgehead atoms. The first kappa shape index (κ1) is 37.5. The van der Waals surface area contributed by atoms with E-state index in [-0.39, 0.29) is 35.7 Å². The van der Waals surface area contributed by atoms with Crippen LogP contribution >= 0.6 is 0 Å². The van der Waals surface area contributed by atoms with Crippen LogP contribution in [0, 0.1) is 6.92 Å². The summed E-state index contributed by atoms with van der Waals surface area (Å²) in [5, 5.41) is 14.1. The van der Waals surface area contributed by atoms with Crippen molar-refractivity contribution in [2.45, 2.75) is 32.9 Å². The molecule has 2 aliphatic rings. The van der Waals surface area contributed by atoms with Gasteiger partial charge in [-0.2, -0.15) is 13.9 Å². The topological polar surface area (TPSA) is 122 Å². The van der Waals surface area contributed by atoms with E-state index in [9.17, 15) is 28.3 Å². The lowest BCUT2D eigenvalue weighted by Crippen LogP contribution is -2.38. The first-order valence-corrected chi connectivity index (χ1v) is 18.1. The van der Waals surface area contributed by atoms with Gasteiger partial charge >= 0.3 is 12.5 Å². The molecule has 0 spiro atoms. The van der Waals surface area contributed by atoms with Gasteiger partial charge in [0, 0.05) is 62.4 Å². The number of carbonyl (C=O) groups is 3. The third kappa shape index (κ3) is 8.15. The summed E-state index contributed by atoms with van der Waals surface area (Å²) in [4.78, 5) is 45.8. The standard InChI is InChI=1S/C41H42F2N6O6/c1-27-34(39(51)49(31-6-4-3-5-7-31)32-24-44-48(26-32)41(42)43)23-37(45(27)2)35-21-29-12-13-47(25-30(29)22-36(35)40(52)53)38(50)20-28-8-10-33(11-9-28)55-19-16-46-14-17-54-18-15-46/h3-11,21-24,26,41H,12-20,25H2,1-2H3,(H,52,53). The highest BCUT2D eigenvalue weighted by Crippen LogP contribution is 2.35. The molecule has 1 saturated heterocycles. The Hall–Kier alpha value is -5.86. The van der Waals surface area contributed by atoms with E-state index in [1.165, 1.54) is 11.1 Å². The fraction of sp³-hybridized carbons (Fsp3) is 0.317. The highest BCUT2D eigenvalue weighted by Gasteiger charge is 2.29. The highest BCUT2D eigenvalue weighted by atomic mass is 19.3. The zero-order valence-corrected chi connectivity index (χ0v) is 30.7. The smallest absolute Gasteiger partial charge is 0.336 e. The number of rotatable bonds is 12. The molecular weight excluding hydrogens is 710 g/mol. The van der Waals surface area contributed by atoms with Crippen molar-refractivity contribution >= 4 is 29.2 Å². The molecule has 55 heavy (non-hydrogen) atoms. The van der Waals surface area contributed by atoms with Crippen molar-refractivity contribution in [2.75, 3.05) is 50.9 Å². The number of fused-ring (bicyclic) bond motifs is 1. The molecule has 7 rings (SSSR count). The van der Waals surface area contributed by atoms with E-state index >= 15 is 0 Å². The van der Waals surface area contributed by atoms with Crippen LogP contribution in [0.15, 0.2) is 85.2 Å². The molecule has 2 aliphatic heterocycles. The summed E-state index contributed by atoms with van der Waals surface area (Å²) in [6, 6.07) is 21.3. The van der Waals surface area contributed by atoms with E-state index in [4.69, 9.17) is 9.47 Å². The number of nitrogens with zero attached hydrogens (tertiary/aromatic N) is 6. The Morgan fingerprint density at radius 1 is 0.945 bits per heavy atom. The highest BCUT2D eigenvalue weighted by molar-refractivity contribution is 6.12. The maximum Gasteiger partial charge on any atom is 0.336 e. The number of ether oxygens (including phenoxy) is 2. The average Bonchev–Trinajstić information content (AvgIpc) is 3.80. The molecule has 286 valence electrons. The van der Waals surface area contributed by atoms with Crippen molar-refractivity contribution in [3.63, 3.8) is 0 Å². The summed E-state index contributed by atoms with van der Waals surface area (Å²) in [6.07, 6.45) is 3.04. The molecule has 0 atom stereocenters. The first-order chi connectivity index (χ1) is 26.6. The van der Waals surface area contributed by atoms with Gasteiger partial charge in [0.2, 0.25) is 5.91 Å². The maximum absolute atomic E-state index is 14.3. The van der Waals surface area contributed by atoms with Gasteiger partial charge in [-0.1, -0.05) is 30.3 Å². The molecule has 4 heterocycles. The van der Waals surface area contributed by atoms with Crippen LogP contribution in [0.5, 0.6) is 5.75 Å². The van der Waals surface area contributed by atoms with E-state index in [1.54, 1.807) is 65.9 Å². The molecule has 0 radical (unpaired) electrons. The normalized spacial score (nSPS) is 14.5. The van der Waals surface area contributed by atoms with Crippen LogP contribution in [0.1, 0.15) is 49.6 Å². The second-order valence-corrected chi connectivity index (χ2v) is 13.7. The fourth-order valence-corrected chi connectivity index (χ4v) is 7.12. The van der Waals surface area contributed by atoms with Crippen molar-refractivity contribution in [3.05, 3.63) is 119 Å². The van der Waals surface area contributed by atoms with Gasteiger partial charge in [-0.15, -0.1) is 0 Å². The van der Waals surface area contributed by atoms with Gasteiger partial charge in [0.25, 0.3) is 5.91 Å². The minimum atomic E-state index is -2.88. The van der Waals surface area contributed by atoms with Gasteiger partial charge < -0.3 is 24.0 Å². The summed E-state index contributed by atoms with van der Waals surface area (Å²) in [5.41, 5.74) is 4.92. The number of morpholine rings is 1. The summed E-state index contributed by atoms with van der Waals surface area (Å²) in [5.74, 6) is -0.954. The monoisotopic (exact) mass is 752 g/mol. The van der Waals surface area contributed by atoms with Crippen molar-refractivity contribution in [1.82, 2.24) is 24.1 Å². The molecule has 5 aromatic rings. The number of carboxylic acid groups (broad SMARTS) is 1. The number of hydrogen-bond donors (Lipinski definition) is 1. The predicted molar refractivity (Wildman–Crippen MR) is 201 cm³/mol. The van der Waals surface area contributed by atoms with Crippen LogP contribution in [0.25, 0.3) is 11.3 Å². The number of aromatic carboxylic acids is 1. The molecule has 14 heteroatoms. The van der Waals surface area contributed by atoms with E-state index in [0.717, 1.165) is 61.5 Å². The average molecular weight is 753 g/mol.